The zero-order chi connectivity index (χ0) is 37.3. The summed E-state index contributed by atoms with van der Waals surface area (Å²) in [6.07, 6.45) is 40.8. The highest BCUT2D eigenvalue weighted by Crippen LogP contribution is 2.15. The summed E-state index contributed by atoms with van der Waals surface area (Å²) in [6.45, 7) is 6.63. The molecule has 0 rings (SSSR count). The minimum absolute atomic E-state index is 0.0629. The molecule has 0 aliphatic heterocycles. The van der Waals surface area contributed by atoms with Crippen molar-refractivity contribution in [2.45, 2.75) is 258 Å². The first-order valence-corrected chi connectivity index (χ1v) is 22.5. The topological polar surface area (TPSA) is 78.9 Å². The molecule has 6 nitrogen and oxygen atoms in total. The summed E-state index contributed by atoms with van der Waals surface area (Å²) in [6, 6.07) is 0. The Morgan fingerprint density at radius 2 is 0.529 bits per heavy atom. The molecule has 0 aliphatic rings. The summed E-state index contributed by atoms with van der Waals surface area (Å²) in [5.41, 5.74) is 0. The molecule has 0 aromatic carbocycles. The summed E-state index contributed by atoms with van der Waals surface area (Å²) in [5.74, 6) is -0.855. The lowest BCUT2D eigenvalue weighted by Gasteiger charge is -2.18. The molecule has 0 aromatic rings. The van der Waals surface area contributed by atoms with Gasteiger partial charge in [0.25, 0.3) is 0 Å². The lowest BCUT2D eigenvalue weighted by Crippen LogP contribution is -2.30. The quantitative estimate of drug-likeness (QED) is 0.0355. The molecule has 0 N–H and O–H groups in total. The SMILES string of the molecule is CCCCCCCCCCCCCCC(=O)OCC(COC(=O)CCCCCCCCCCC)OC(=O)CCCCCCCCCCCCCC. The van der Waals surface area contributed by atoms with Gasteiger partial charge in [-0.05, 0) is 19.3 Å². The first-order chi connectivity index (χ1) is 25.0. The van der Waals surface area contributed by atoms with Crippen molar-refractivity contribution in [3.05, 3.63) is 0 Å². The van der Waals surface area contributed by atoms with Crippen LogP contribution in [0.5, 0.6) is 0 Å². The van der Waals surface area contributed by atoms with E-state index in [9.17, 15) is 14.4 Å². The normalized spacial score (nSPS) is 11.8. The van der Waals surface area contributed by atoms with Gasteiger partial charge < -0.3 is 14.2 Å². The van der Waals surface area contributed by atoms with Gasteiger partial charge in [-0.15, -0.1) is 0 Å². The van der Waals surface area contributed by atoms with E-state index in [1.54, 1.807) is 0 Å². The van der Waals surface area contributed by atoms with Crippen LogP contribution >= 0.6 is 0 Å². The van der Waals surface area contributed by atoms with E-state index in [0.29, 0.717) is 19.3 Å². The van der Waals surface area contributed by atoms with Gasteiger partial charge in [-0.2, -0.15) is 0 Å². The smallest absolute Gasteiger partial charge is 0.306 e. The largest absolute Gasteiger partial charge is 0.462 e. The fourth-order valence-corrected chi connectivity index (χ4v) is 6.68. The summed E-state index contributed by atoms with van der Waals surface area (Å²) in [4.78, 5) is 37.6. The highest BCUT2D eigenvalue weighted by Gasteiger charge is 2.19. The van der Waals surface area contributed by atoms with Gasteiger partial charge in [-0.3, -0.25) is 14.4 Å². The standard InChI is InChI=1S/C45H86O6/c1-4-7-10-13-16-19-21-23-26-29-32-35-38-44(47)50-41-42(40-49-43(46)37-34-31-28-25-18-15-12-9-6-3)51-45(48)39-36-33-30-27-24-22-20-17-14-11-8-5-2/h42H,4-41H2,1-3H3. The van der Waals surface area contributed by atoms with E-state index in [1.165, 1.54) is 154 Å². The Kier molecular flexibility index (Phi) is 39.9. The van der Waals surface area contributed by atoms with Crippen LogP contribution in [0.2, 0.25) is 0 Å². The van der Waals surface area contributed by atoms with Crippen molar-refractivity contribution in [1.82, 2.24) is 0 Å². The van der Waals surface area contributed by atoms with Crippen LogP contribution in [-0.2, 0) is 28.6 Å². The molecule has 0 saturated carbocycles. The van der Waals surface area contributed by atoms with Crippen LogP contribution in [0.1, 0.15) is 252 Å². The third-order valence-corrected chi connectivity index (χ3v) is 10.1. The molecule has 0 aromatic heterocycles. The molecule has 302 valence electrons. The second kappa shape index (κ2) is 41.2. The van der Waals surface area contributed by atoms with Gasteiger partial charge in [0.2, 0.25) is 0 Å². The molecule has 6 heteroatoms. The van der Waals surface area contributed by atoms with Crippen molar-refractivity contribution < 1.29 is 28.6 Å². The van der Waals surface area contributed by atoms with Crippen molar-refractivity contribution in [2.24, 2.45) is 0 Å². The molecular formula is C45H86O6. The molecule has 0 fully saturated rings. The Labute approximate surface area is 317 Å². The molecular weight excluding hydrogens is 636 g/mol. The van der Waals surface area contributed by atoms with E-state index in [1.807, 2.05) is 0 Å². The van der Waals surface area contributed by atoms with E-state index in [0.717, 1.165) is 57.8 Å². The van der Waals surface area contributed by atoms with Crippen molar-refractivity contribution in [1.29, 1.82) is 0 Å². The second-order valence-electron chi connectivity index (χ2n) is 15.3. The highest BCUT2D eigenvalue weighted by atomic mass is 16.6. The van der Waals surface area contributed by atoms with Crippen LogP contribution in [0.25, 0.3) is 0 Å². The first kappa shape index (κ1) is 49.4. The number of carbonyl (C=O) groups excluding carboxylic acids is 3. The van der Waals surface area contributed by atoms with Gasteiger partial charge in [-0.25, -0.2) is 0 Å². The third kappa shape index (κ3) is 39.5. The zero-order valence-electron chi connectivity index (χ0n) is 34.4. The minimum atomic E-state index is -0.757. The number of esters is 3. The van der Waals surface area contributed by atoms with Crippen molar-refractivity contribution in [3.63, 3.8) is 0 Å². The average molecular weight is 723 g/mol. The molecule has 0 bridgehead atoms. The molecule has 0 saturated heterocycles. The fraction of sp³-hybridized carbons (Fsp3) is 0.933. The van der Waals surface area contributed by atoms with Gasteiger partial charge in [0.05, 0.1) is 0 Å². The summed E-state index contributed by atoms with van der Waals surface area (Å²) < 4.78 is 16.7. The maximum absolute atomic E-state index is 12.7. The fourth-order valence-electron chi connectivity index (χ4n) is 6.68. The van der Waals surface area contributed by atoms with E-state index in [2.05, 4.69) is 20.8 Å². The molecule has 0 aliphatic carbocycles. The number of rotatable bonds is 41. The number of carbonyl (C=O) groups is 3. The third-order valence-electron chi connectivity index (χ3n) is 10.1. The maximum Gasteiger partial charge on any atom is 0.306 e. The molecule has 51 heavy (non-hydrogen) atoms. The van der Waals surface area contributed by atoms with Crippen LogP contribution in [0.4, 0.5) is 0 Å². The monoisotopic (exact) mass is 723 g/mol. The van der Waals surface area contributed by atoms with Crippen LogP contribution in [0, 0.1) is 0 Å². The van der Waals surface area contributed by atoms with Gasteiger partial charge in [0, 0.05) is 19.3 Å². The summed E-state index contributed by atoms with van der Waals surface area (Å²) >= 11 is 0. The predicted octanol–water partition coefficient (Wildman–Crippen LogP) is 14.1. The minimum Gasteiger partial charge on any atom is -0.462 e. The van der Waals surface area contributed by atoms with Crippen LogP contribution in [-0.4, -0.2) is 37.2 Å². The Morgan fingerprint density at radius 3 is 0.784 bits per heavy atom. The Bertz CT molecular complexity index is 753. The lowest BCUT2D eigenvalue weighted by atomic mass is 10.0. The Morgan fingerprint density at radius 1 is 0.314 bits per heavy atom. The van der Waals surface area contributed by atoms with Gasteiger partial charge >= 0.3 is 17.9 Å². The summed E-state index contributed by atoms with van der Waals surface area (Å²) in [7, 11) is 0. The predicted molar refractivity (Wildman–Crippen MR) is 215 cm³/mol. The van der Waals surface area contributed by atoms with Crippen LogP contribution in [0.3, 0.4) is 0 Å². The molecule has 1 atom stereocenters. The number of hydrogen-bond acceptors (Lipinski definition) is 6. The zero-order valence-corrected chi connectivity index (χ0v) is 34.4. The molecule has 0 heterocycles. The van der Waals surface area contributed by atoms with E-state index >= 15 is 0 Å². The Balaban J connectivity index is 4.31. The Hall–Kier alpha value is -1.59. The van der Waals surface area contributed by atoms with Crippen LogP contribution < -0.4 is 0 Å². The maximum atomic E-state index is 12.7. The van der Waals surface area contributed by atoms with E-state index in [4.69, 9.17) is 14.2 Å². The van der Waals surface area contributed by atoms with E-state index in [-0.39, 0.29) is 31.1 Å². The van der Waals surface area contributed by atoms with Crippen LogP contribution in [0.15, 0.2) is 0 Å². The first-order valence-electron chi connectivity index (χ1n) is 22.5. The van der Waals surface area contributed by atoms with Gasteiger partial charge in [0.15, 0.2) is 6.10 Å². The van der Waals surface area contributed by atoms with Gasteiger partial charge in [0.1, 0.15) is 13.2 Å². The number of unbranched alkanes of at least 4 members (excludes halogenated alkanes) is 30. The average Bonchev–Trinajstić information content (AvgIpc) is 3.12. The molecule has 1 unspecified atom stereocenters. The number of ether oxygens (including phenoxy) is 3. The molecule has 0 radical (unpaired) electrons. The van der Waals surface area contributed by atoms with Crippen molar-refractivity contribution >= 4 is 17.9 Å². The van der Waals surface area contributed by atoms with Crippen molar-refractivity contribution in [2.75, 3.05) is 13.2 Å². The molecule has 0 amide bonds. The van der Waals surface area contributed by atoms with Crippen molar-refractivity contribution in [3.8, 4) is 0 Å². The van der Waals surface area contributed by atoms with E-state index < -0.39 is 6.10 Å². The lowest BCUT2D eigenvalue weighted by molar-refractivity contribution is -0.167. The van der Waals surface area contributed by atoms with Gasteiger partial charge in [-0.1, -0.05) is 213 Å². The highest BCUT2D eigenvalue weighted by molar-refractivity contribution is 5.71. The number of hydrogen-bond donors (Lipinski definition) is 0. The summed E-state index contributed by atoms with van der Waals surface area (Å²) in [5, 5.41) is 0. The second-order valence-corrected chi connectivity index (χ2v) is 15.3. The molecule has 0 spiro atoms.